The Morgan fingerprint density at radius 2 is 1.88 bits per heavy atom. The van der Waals surface area contributed by atoms with Crippen LogP contribution in [-0.2, 0) is 10.0 Å². The Morgan fingerprint density at radius 1 is 1.29 bits per heavy atom. The van der Waals surface area contributed by atoms with E-state index in [1.807, 2.05) is 6.92 Å². The van der Waals surface area contributed by atoms with E-state index < -0.39 is 16.1 Å². The van der Waals surface area contributed by atoms with Crippen molar-refractivity contribution in [2.24, 2.45) is 0 Å². The van der Waals surface area contributed by atoms with Crippen molar-refractivity contribution in [1.29, 1.82) is 0 Å². The van der Waals surface area contributed by atoms with Gasteiger partial charge in [-0.1, -0.05) is 25.5 Å². The van der Waals surface area contributed by atoms with Gasteiger partial charge >= 0.3 is 0 Å². The summed E-state index contributed by atoms with van der Waals surface area (Å²) in [5, 5.41) is 9.32. The van der Waals surface area contributed by atoms with E-state index in [2.05, 4.69) is 4.72 Å². The molecule has 0 saturated heterocycles. The molecule has 17 heavy (non-hydrogen) atoms. The summed E-state index contributed by atoms with van der Waals surface area (Å²) in [6.07, 6.45) is 0.962. The molecule has 0 spiro atoms. The lowest BCUT2D eigenvalue weighted by molar-refractivity contribution is 0.199. The summed E-state index contributed by atoms with van der Waals surface area (Å²) >= 11 is 0. The van der Waals surface area contributed by atoms with Gasteiger partial charge in [-0.05, 0) is 31.0 Å². The summed E-state index contributed by atoms with van der Waals surface area (Å²) in [4.78, 5) is 0. The van der Waals surface area contributed by atoms with E-state index in [4.69, 9.17) is 0 Å². The van der Waals surface area contributed by atoms with Crippen molar-refractivity contribution < 1.29 is 13.5 Å². The van der Waals surface area contributed by atoms with Crippen molar-refractivity contribution in [1.82, 2.24) is 0 Å². The molecule has 0 amide bonds. The molecule has 5 heteroatoms. The van der Waals surface area contributed by atoms with Gasteiger partial charge < -0.3 is 5.11 Å². The number of aliphatic hydroxyl groups is 1. The third-order valence-electron chi connectivity index (χ3n) is 2.43. The molecule has 0 aliphatic heterocycles. The lowest BCUT2D eigenvalue weighted by atomic mass is 10.1. The van der Waals surface area contributed by atoms with Gasteiger partial charge in [-0.3, -0.25) is 4.72 Å². The number of sulfonamides is 1. The van der Waals surface area contributed by atoms with Crippen LogP contribution in [-0.4, -0.2) is 19.3 Å². The average molecular weight is 257 g/mol. The Morgan fingerprint density at radius 3 is 2.35 bits per heavy atom. The Kier molecular flexibility index (Phi) is 4.96. The minimum absolute atomic E-state index is 0.141. The van der Waals surface area contributed by atoms with Crippen LogP contribution >= 0.6 is 0 Å². The third kappa shape index (κ3) is 4.75. The van der Waals surface area contributed by atoms with Crippen LogP contribution in [0.5, 0.6) is 0 Å². The summed E-state index contributed by atoms with van der Waals surface area (Å²) in [5.41, 5.74) is 1.30. The van der Waals surface area contributed by atoms with Gasteiger partial charge in [-0.15, -0.1) is 0 Å². The maximum absolute atomic E-state index is 11.6. The molecule has 0 aliphatic carbocycles. The number of unbranched alkanes of at least 4 members (excludes halogenated alkanes) is 1. The number of anilines is 1. The fourth-order valence-electron chi connectivity index (χ4n) is 1.39. The lowest BCUT2D eigenvalue weighted by Gasteiger charge is -2.09. The Balaban J connectivity index is 2.69. The predicted octanol–water partition coefficient (Wildman–Crippen LogP) is 2.28. The first-order valence-corrected chi connectivity index (χ1v) is 7.38. The van der Waals surface area contributed by atoms with Crippen molar-refractivity contribution in [2.75, 3.05) is 10.5 Å². The van der Waals surface area contributed by atoms with Crippen LogP contribution in [0.4, 0.5) is 5.69 Å². The van der Waals surface area contributed by atoms with Gasteiger partial charge in [0, 0.05) is 5.69 Å². The molecule has 0 heterocycles. The molecule has 0 aliphatic rings. The van der Waals surface area contributed by atoms with Crippen molar-refractivity contribution in [2.45, 2.75) is 32.8 Å². The SMILES string of the molecule is CCCCS(=O)(=O)Nc1ccc(C(C)O)cc1. The van der Waals surface area contributed by atoms with E-state index in [1.165, 1.54) is 0 Å². The second-order valence-electron chi connectivity index (χ2n) is 4.07. The zero-order valence-electron chi connectivity index (χ0n) is 10.2. The smallest absolute Gasteiger partial charge is 0.232 e. The highest BCUT2D eigenvalue weighted by Gasteiger charge is 2.09. The fourth-order valence-corrected chi connectivity index (χ4v) is 2.66. The molecular weight excluding hydrogens is 238 g/mol. The molecule has 0 fully saturated rings. The second kappa shape index (κ2) is 6.02. The van der Waals surface area contributed by atoms with Gasteiger partial charge in [0.2, 0.25) is 10.0 Å². The van der Waals surface area contributed by atoms with Crippen LogP contribution in [0.3, 0.4) is 0 Å². The zero-order valence-corrected chi connectivity index (χ0v) is 11.0. The van der Waals surface area contributed by atoms with Crippen LogP contribution in [0.2, 0.25) is 0 Å². The van der Waals surface area contributed by atoms with Crippen LogP contribution in [0, 0.1) is 0 Å². The van der Waals surface area contributed by atoms with Crippen LogP contribution < -0.4 is 4.72 Å². The first-order chi connectivity index (χ1) is 7.94. The summed E-state index contributed by atoms with van der Waals surface area (Å²) in [5.74, 6) is 0.141. The summed E-state index contributed by atoms with van der Waals surface area (Å²) in [7, 11) is -3.24. The Labute approximate surface area is 103 Å². The Hall–Kier alpha value is -1.07. The lowest BCUT2D eigenvalue weighted by Crippen LogP contribution is -2.16. The normalized spacial score (nSPS) is 13.4. The molecule has 96 valence electrons. The molecule has 0 saturated carbocycles. The van der Waals surface area contributed by atoms with Gasteiger partial charge in [0.1, 0.15) is 0 Å². The largest absolute Gasteiger partial charge is 0.389 e. The highest BCUT2D eigenvalue weighted by Crippen LogP contribution is 2.16. The maximum Gasteiger partial charge on any atom is 0.232 e. The minimum atomic E-state index is -3.24. The highest BCUT2D eigenvalue weighted by molar-refractivity contribution is 7.92. The van der Waals surface area contributed by atoms with Crippen molar-refractivity contribution >= 4 is 15.7 Å². The summed E-state index contributed by atoms with van der Waals surface area (Å²) < 4.78 is 25.7. The topological polar surface area (TPSA) is 66.4 Å². The fraction of sp³-hybridized carbons (Fsp3) is 0.500. The van der Waals surface area contributed by atoms with Gasteiger partial charge in [0.15, 0.2) is 0 Å². The third-order valence-corrected chi connectivity index (χ3v) is 3.81. The molecule has 0 radical (unpaired) electrons. The number of nitrogens with one attached hydrogen (secondary N) is 1. The van der Waals surface area contributed by atoms with E-state index >= 15 is 0 Å². The molecule has 0 aromatic heterocycles. The number of hydrogen-bond donors (Lipinski definition) is 2. The van der Waals surface area contributed by atoms with Gasteiger partial charge in [-0.25, -0.2) is 8.42 Å². The molecule has 1 aromatic carbocycles. The quantitative estimate of drug-likeness (QED) is 0.821. The predicted molar refractivity (Wildman–Crippen MR) is 69.4 cm³/mol. The van der Waals surface area contributed by atoms with Crippen molar-refractivity contribution in [3.8, 4) is 0 Å². The molecule has 0 bridgehead atoms. The van der Waals surface area contributed by atoms with Crippen LogP contribution in [0.1, 0.15) is 38.4 Å². The standard InChI is InChI=1S/C12H19NO3S/c1-3-4-9-17(15,16)13-12-7-5-11(6-8-12)10(2)14/h5-8,10,13-14H,3-4,9H2,1-2H3. The van der Waals surface area contributed by atoms with Crippen molar-refractivity contribution in [3.63, 3.8) is 0 Å². The van der Waals surface area contributed by atoms with E-state index in [0.29, 0.717) is 12.1 Å². The van der Waals surface area contributed by atoms with Gasteiger partial charge in [0.25, 0.3) is 0 Å². The molecule has 1 atom stereocenters. The highest BCUT2D eigenvalue weighted by atomic mass is 32.2. The van der Waals surface area contributed by atoms with Crippen LogP contribution in [0.15, 0.2) is 24.3 Å². The number of aliphatic hydroxyl groups excluding tert-OH is 1. The summed E-state index contributed by atoms with van der Waals surface area (Å²) in [6, 6.07) is 6.74. The summed E-state index contributed by atoms with van der Waals surface area (Å²) in [6.45, 7) is 3.62. The van der Waals surface area contributed by atoms with E-state index in [-0.39, 0.29) is 5.75 Å². The zero-order chi connectivity index (χ0) is 12.9. The minimum Gasteiger partial charge on any atom is -0.389 e. The monoisotopic (exact) mass is 257 g/mol. The molecule has 1 unspecified atom stereocenters. The molecule has 2 N–H and O–H groups in total. The first-order valence-electron chi connectivity index (χ1n) is 5.73. The first kappa shape index (κ1) is 14.0. The van der Waals surface area contributed by atoms with Crippen molar-refractivity contribution in [3.05, 3.63) is 29.8 Å². The van der Waals surface area contributed by atoms with Gasteiger partial charge in [-0.2, -0.15) is 0 Å². The maximum atomic E-state index is 11.6. The average Bonchev–Trinajstić information content (AvgIpc) is 2.26. The Bertz CT molecular complexity index is 437. The molecule has 4 nitrogen and oxygen atoms in total. The molecule has 1 aromatic rings. The van der Waals surface area contributed by atoms with Gasteiger partial charge in [0.05, 0.1) is 11.9 Å². The van der Waals surface area contributed by atoms with E-state index in [1.54, 1.807) is 31.2 Å². The molecule has 1 rings (SSSR count). The molecular formula is C12H19NO3S. The number of hydrogen-bond acceptors (Lipinski definition) is 3. The van der Waals surface area contributed by atoms with Crippen LogP contribution in [0.25, 0.3) is 0 Å². The van der Waals surface area contributed by atoms with E-state index in [9.17, 15) is 13.5 Å². The number of benzene rings is 1. The number of rotatable bonds is 6. The second-order valence-corrected chi connectivity index (χ2v) is 5.91. The van der Waals surface area contributed by atoms with E-state index in [0.717, 1.165) is 12.0 Å².